The fourth-order valence-electron chi connectivity index (χ4n) is 2.40. The van der Waals surface area contributed by atoms with Crippen molar-refractivity contribution in [1.29, 1.82) is 0 Å². The van der Waals surface area contributed by atoms with Crippen LogP contribution >= 0.6 is 23.2 Å². The second-order valence-corrected chi connectivity index (χ2v) is 6.94. The number of aromatic nitrogens is 2. The van der Waals surface area contributed by atoms with E-state index < -0.39 is 0 Å². The van der Waals surface area contributed by atoms with E-state index in [1.54, 1.807) is 6.20 Å². The number of halogens is 2. The molecule has 4 nitrogen and oxygen atoms in total. The lowest BCUT2D eigenvalue weighted by molar-refractivity contribution is 0.253. The molecule has 0 fully saturated rings. The molecule has 1 aromatic heterocycles. The summed E-state index contributed by atoms with van der Waals surface area (Å²) in [4.78, 5) is 11.3. The maximum Gasteiger partial charge on any atom is 0.232 e. The highest BCUT2D eigenvalue weighted by molar-refractivity contribution is 6.31. The Balaban J connectivity index is 2.00. The lowest BCUT2D eigenvalue weighted by Gasteiger charge is -2.13. The fraction of sp³-hybridized carbons (Fsp3) is 0.200. The first-order valence-electron chi connectivity index (χ1n) is 8.19. The third kappa shape index (κ3) is 4.73. The van der Waals surface area contributed by atoms with Gasteiger partial charge in [-0.05, 0) is 38.4 Å². The van der Waals surface area contributed by atoms with Gasteiger partial charge in [0.15, 0.2) is 0 Å². The molecule has 0 aliphatic carbocycles. The molecule has 0 atom stereocenters. The molecule has 0 unspecified atom stereocenters. The second kappa shape index (κ2) is 8.49. The first kappa shape index (κ1) is 18.6. The van der Waals surface area contributed by atoms with Crippen molar-refractivity contribution in [3.05, 3.63) is 64.8 Å². The van der Waals surface area contributed by atoms with Gasteiger partial charge in [0.1, 0.15) is 12.3 Å². The Morgan fingerprint density at radius 1 is 0.846 bits per heavy atom. The molecule has 26 heavy (non-hydrogen) atoms. The summed E-state index contributed by atoms with van der Waals surface area (Å²) in [5.74, 6) is 0.495. The summed E-state index contributed by atoms with van der Waals surface area (Å²) in [5, 5.41) is 1.35. The Labute approximate surface area is 163 Å². The Morgan fingerprint density at radius 2 is 1.38 bits per heavy atom. The van der Waals surface area contributed by atoms with Crippen LogP contribution in [0.1, 0.15) is 0 Å². The minimum atomic E-state index is 0.495. The number of hydrogen-bond acceptors (Lipinski definition) is 4. The van der Waals surface area contributed by atoms with E-state index in [1.165, 1.54) is 0 Å². The van der Waals surface area contributed by atoms with Crippen molar-refractivity contribution in [1.82, 2.24) is 14.9 Å². The average Bonchev–Trinajstić information content (AvgIpc) is 2.63. The Bertz CT molecular complexity index is 865. The van der Waals surface area contributed by atoms with Crippen molar-refractivity contribution < 1.29 is 4.74 Å². The first-order chi connectivity index (χ1) is 12.5. The van der Waals surface area contributed by atoms with E-state index in [-0.39, 0.29) is 0 Å². The topological polar surface area (TPSA) is 38.2 Å². The van der Waals surface area contributed by atoms with Crippen LogP contribution in [0.4, 0.5) is 0 Å². The summed E-state index contributed by atoms with van der Waals surface area (Å²) >= 11 is 12.0. The summed E-state index contributed by atoms with van der Waals surface area (Å²) in [7, 11) is 4.00. The predicted molar refractivity (Wildman–Crippen MR) is 107 cm³/mol. The zero-order valence-electron chi connectivity index (χ0n) is 14.6. The van der Waals surface area contributed by atoms with Gasteiger partial charge in [-0.25, -0.2) is 9.97 Å². The SMILES string of the molecule is CN(C)CCOc1cnc(-c2ccc(Cl)cc2)c(-c2ccc(Cl)cc2)n1. The number of ether oxygens (including phenoxy) is 1. The van der Waals surface area contributed by atoms with Crippen molar-refractivity contribution in [3.63, 3.8) is 0 Å². The molecule has 6 heteroatoms. The molecular formula is C20H19Cl2N3O. The van der Waals surface area contributed by atoms with Crippen molar-refractivity contribution in [2.75, 3.05) is 27.2 Å². The molecule has 0 aliphatic rings. The van der Waals surface area contributed by atoms with Crippen LogP contribution in [0.2, 0.25) is 10.0 Å². The smallest absolute Gasteiger partial charge is 0.232 e. The number of benzene rings is 2. The molecular weight excluding hydrogens is 369 g/mol. The van der Waals surface area contributed by atoms with Crippen molar-refractivity contribution in [3.8, 4) is 28.4 Å². The predicted octanol–water partition coefficient (Wildman–Crippen LogP) is 5.06. The van der Waals surface area contributed by atoms with Crippen LogP contribution in [-0.4, -0.2) is 42.1 Å². The van der Waals surface area contributed by atoms with Crippen LogP contribution in [0.5, 0.6) is 5.88 Å². The molecule has 0 radical (unpaired) electrons. The molecule has 134 valence electrons. The summed E-state index contributed by atoms with van der Waals surface area (Å²) in [6.45, 7) is 1.35. The van der Waals surface area contributed by atoms with Gasteiger partial charge in [0.25, 0.3) is 0 Å². The van der Waals surface area contributed by atoms with Crippen molar-refractivity contribution in [2.24, 2.45) is 0 Å². The Morgan fingerprint density at radius 3 is 1.92 bits per heavy atom. The van der Waals surface area contributed by atoms with Gasteiger partial charge in [-0.15, -0.1) is 0 Å². The van der Waals surface area contributed by atoms with E-state index >= 15 is 0 Å². The van der Waals surface area contributed by atoms with E-state index in [2.05, 4.69) is 14.9 Å². The Hall–Kier alpha value is -2.14. The molecule has 1 heterocycles. The van der Waals surface area contributed by atoms with E-state index in [4.69, 9.17) is 27.9 Å². The Kier molecular flexibility index (Phi) is 6.09. The summed E-state index contributed by atoms with van der Waals surface area (Å²) in [6, 6.07) is 15.1. The van der Waals surface area contributed by atoms with Gasteiger partial charge >= 0.3 is 0 Å². The summed E-state index contributed by atoms with van der Waals surface area (Å²) in [6.07, 6.45) is 1.65. The largest absolute Gasteiger partial charge is 0.475 e. The molecule has 0 N–H and O–H groups in total. The maximum absolute atomic E-state index is 6.02. The minimum Gasteiger partial charge on any atom is -0.475 e. The molecule has 0 amide bonds. The molecule has 2 aromatic carbocycles. The third-order valence-electron chi connectivity index (χ3n) is 3.77. The van der Waals surface area contributed by atoms with Gasteiger partial charge in [-0.3, -0.25) is 0 Å². The van der Waals surface area contributed by atoms with E-state index in [1.807, 2.05) is 62.6 Å². The fourth-order valence-corrected chi connectivity index (χ4v) is 2.66. The highest BCUT2D eigenvalue weighted by Gasteiger charge is 2.13. The van der Waals surface area contributed by atoms with Crippen molar-refractivity contribution >= 4 is 23.2 Å². The van der Waals surface area contributed by atoms with Gasteiger partial charge in [0, 0.05) is 27.7 Å². The zero-order chi connectivity index (χ0) is 18.5. The maximum atomic E-state index is 6.02. The second-order valence-electron chi connectivity index (χ2n) is 6.07. The van der Waals surface area contributed by atoms with E-state index in [0.29, 0.717) is 22.5 Å². The van der Waals surface area contributed by atoms with Gasteiger partial charge in [-0.2, -0.15) is 0 Å². The van der Waals surface area contributed by atoms with Crippen LogP contribution in [-0.2, 0) is 0 Å². The molecule has 0 spiro atoms. The number of nitrogens with zero attached hydrogens (tertiary/aromatic N) is 3. The van der Waals surface area contributed by atoms with E-state index in [9.17, 15) is 0 Å². The molecule has 0 aliphatic heterocycles. The van der Waals surface area contributed by atoms with Gasteiger partial charge in [0.2, 0.25) is 5.88 Å². The van der Waals surface area contributed by atoms with Crippen LogP contribution in [0.25, 0.3) is 22.5 Å². The summed E-state index contributed by atoms with van der Waals surface area (Å²) in [5.41, 5.74) is 3.37. The average molecular weight is 388 g/mol. The van der Waals surface area contributed by atoms with Crippen LogP contribution in [0.3, 0.4) is 0 Å². The number of likely N-dealkylation sites (N-methyl/N-ethyl adjacent to an activating group) is 1. The highest BCUT2D eigenvalue weighted by Crippen LogP contribution is 2.31. The van der Waals surface area contributed by atoms with Crippen LogP contribution in [0, 0.1) is 0 Å². The van der Waals surface area contributed by atoms with Crippen molar-refractivity contribution in [2.45, 2.75) is 0 Å². The number of rotatable bonds is 6. The molecule has 0 saturated heterocycles. The van der Waals surface area contributed by atoms with Gasteiger partial charge in [-0.1, -0.05) is 47.5 Å². The van der Waals surface area contributed by atoms with Gasteiger partial charge in [0.05, 0.1) is 11.9 Å². The molecule has 0 saturated carbocycles. The highest BCUT2D eigenvalue weighted by atomic mass is 35.5. The monoisotopic (exact) mass is 387 g/mol. The number of hydrogen-bond donors (Lipinski definition) is 0. The first-order valence-corrected chi connectivity index (χ1v) is 8.95. The summed E-state index contributed by atoms with van der Waals surface area (Å²) < 4.78 is 5.75. The normalized spacial score (nSPS) is 11.0. The minimum absolute atomic E-state index is 0.495. The van der Waals surface area contributed by atoms with Gasteiger partial charge < -0.3 is 9.64 Å². The standard InChI is InChI=1S/C20H19Cl2N3O/c1-25(2)11-12-26-18-13-23-19(14-3-7-16(21)8-4-14)20(24-18)15-5-9-17(22)10-6-15/h3-10,13H,11-12H2,1-2H3. The molecule has 3 rings (SSSR count). The van der Waals surface area contributed by atoms with Crippen LogP contribution < -0.4 is 4.74 Å². The molecule has 0 bridgehead atoms. The lowest BCUT2D eigenvalue weighted by atomic mass is 10.0. The lowest BCUT2D eigenvalue weighted by Crippen LogP contribution is -2.19. The third-order valence-corrected chi connectivity index (χ3v) is 4.28. The van der Waals surface area contributed by atoms with E-state index in [0.717, 1.165) is 29.1 Å². The molecule has 3 aromatic rings. The zero-order valence-corrected chi connectivity index (χ0v) is 16.1. The van der Waals surface area contributed by atoms with Crippen LogP contribution in [0.15, 0.2) is 54.7 Å². The quantitative estimate of drug-likeness (QED) is 0.592.